The number of hydrogen-bond donors (Lipinski definition) is 1. The Morgan fingerprint density at radius 2 is 1.95 bits per heavy atom. The summed E-state index contributed by atoms with van der Waals surface area (Å²) in [5.74, 6) is -0.400. The average molecular weight is 557 g/mol. The molecule has 0 saturated carbocycles. The molecule has 0 spiro atoms. The van der Waals surface area contributed by atoms with Crippen molar-refractivity contribution in [1.82, 2.24) is 0 Å². The maximum atomic E-state index is 13.6. The monoisotopic (exact) mass is 556 g/mol. The number of aryl methyl sites for hydroxylation is 1. The first-order valence-corrected chi connectivity index (χ1v) is 12.8. The van der Waals surface area contributed by atoms with Crippen LogP contribution in [-0.4, -0.2) is 29.3 Å². The van der Waals surface area contributed by atoms with Gasteiger partial charge in [0.25, 0.3) is 11.8 Å². The lowest BCUT2D eigenvalue weighted by Crippen LogP contribution is -2.27. The second-order valence-electron chi connectivity index (χ2n) is 7.96. The zero-order chi connectivity index (χ0) is 26.5. The summed E-state index contributed by atoms with van der Waals surface area (Å²) in [5, 5.41) is 2.70. The third-order valence-corrected chi connectivity index (χ3v) is 6.77. The van der Waals surface area contributed by atoms with Crippen molar-refractivity contribution in [2.24, 2.45) is 0 Å². The molecule has 0 bridgehead atoms. The number of thioether (sulfide) groups is 1. The molecule has 1 saturated heterocycles. The summed E-state index contributed by atoms with van der Waals surface area (Å²) in [6.07, 6.45) is 1.68. The molecule has 1 aliphatic heterocycles. The van der Waals surface area contributed by atoms with Crippen molar-refractivity contribution in [1.29, 1.82) is 0 Å². The van der Waals surface area contributed by atoms with Crippen molar-refractivity contribution in [3.8, 4) is 11.5 Å². The van der Waals surface area contributed by atoms with Gasteiger partial charge in [-0.15, -0.1) is 0 Å². The van der Waals surface area contributed by atoms with Gasteiger partial charge < -0.3 is 14.8 Å². The van der Waals surface area contributed by atoms with E-state index in [1.54, 1.807) is 30.3 Å². The van der Waals surface area contributed by atoms with Crippen LogP contribution >= 0.6 is 35.6 Å². The highest BCUT2D eigenvalue weighted by atomic mass is 35.5. The fourth-order valence-corrected chi connectivity index (χ4v) is 5.00. The predicted octanol–water partition coefficient (Wildman–Crippen LogP) is 6.61. The Kier molecular flexibility index (Phi) is 8.48. The Morgan fingerprint density at radius 1 is 1.14 bits per heavy atom. The summed E-state index contributed by atoms with van der Waals surface area (Å²) in [4.78, 5) is 27.1. The SMILES string of the molecule is CCOc1cc(/C=C2/SC(=S)N(c3ccc(F)c(Cl)c3)C2=O)ccc1OCC(=O)Nc1cccc(C)c1. The van der Waals surface area contributed by atoms with Crippen LogP contribution in [0, 0.1) is 12.7 Å². The summed E-state index contributed by atoms with van der Waals surface area (Å²) >= 11 is 12.4. The van der Waals surface area contributed by atoms with E-state index in [9.17, 15) is 14.0 Å². The van der Waals surface area contributed by atoms with Crippen molar-refractivity contribution < 1.29 is 23.5 Å². The van der Waals surface area contributed by atoms with Crippen LogP contribution in [0.25, 0.3) is 6.08 Å². The van der Waals surface area contributed by atoms with Crippen molar-refractivity contribution >= 4 is 69.2 Å². The first kappa shape index (κ1) is 26.7. The molecule has 4 rings (SSSR count). The van der Waals surface area contributed by atoms with Gasteiger partial charge in [0.15, 0.2) is 22.4 Å². The zero-order valence-electron chi connectivity index (χ0n) is 19.9. The molecule has 3 aromatic rings. The highest BCUT2D eigenvalue weighted by Gasteiger charge is 2.33. The topological polar surface area (TPSA) is 67.9 Å². The predicted molar refractivity (Wildman–Crippen MR) is 150 cm³/mol. The highest BCUT2D eigenvalue weighted by Crippen LogP contribution is 2.38. The minimum atomic E-state index is -0.579. The third kappa shape index (κ3) is 6.49. The molecule has 0 radical (unpaired) electrons. The van der Waals surface area contributed by atoms with E-state index in [-0.39, 0.29) is 23.4 Å². The van der Waals surface area contributed by atoms with Gasteiger partial charge in [0, 0.05) is 5.69 Å². The molecule has 2 amide bonds. The van der Waals surface area contributed by atoms with Gasteiger partial charge in [0.05, 0.1) is 22.2 Å². The van der Waals surface area contributed by atoms with Crippen LogP contribution in [0.2, 0.25) is 5.02 Å². The number of benzene rings is 3. The van der Waals surface area contributed by atoms with Crippen LogP contribution in [-0.2, 0) is 9.59 Å². The molecule has 0 unspecified atom stereocenters. The van der Waals surface area contributed by atoms with Crippen LogP contribution in [0.15, 0.2) is 65.6 Å². The minimum Gasteiger partial charge on any atom is -0.490 e. The molecule has 1 aliphatic rings. The standard InChI is InChI=1S/C27H22ClFN2O4S2/c1-3-34-23-12-17(7-10-22(23)35-15-25(32)30-18-6-4-5-16(2)11-18)13-24-26(33)31(27(36)37-24)19-8-9-21(29)20(28)14-19/h4-14H,3,15H2,1-2H3,(H,30,32)/b24-13+. The molecule has 190 valence electrons. The smallest absolute Gasteiger partial charge is 0.270 e. The molecular weight excluding hydrogens is 535 g/mol. The second kappa shape index (κ2) is 11.8. The molecule has 1 N–H and O–H groups in total. The number of rotatable bonds is 8. The molecule has 1 heterocycles. The zero-order valence-corrected chi connectivity index (χ0v) is 22.3. The molecule has 37 heavy (non-hydrogen) atoms. The highest BCUT2D eigenvalue weighted by molar-refractivity contribution is 8.27. The lowest BCUT2D eigenvalue weighted by Gasteiger charge is -2.15. The largest absolute Gasteiger partial charge is 0.490 e. The number of hydrogen-bond acceptors (Lipinski definition) is 6. The van der Waals surface area contributed by atoms with Crippen molar-refractivity contribution in [3.05, 3.63) is 87.5 Å². The van der Waals surface area contributed by atoms with E-state index in [1.165, 1.54) is 23.1 Å². The summed E-state index contributed by atoms with van der Waals surface area (Å²) in [6.45, 7) is 3.95. The molecule has 0 aromatic heterocycles. The lowest BCUT2D eigenvalue weighted by atomic mass is 10.1. The normalized spacial score (nSPS) is 14.3. The summed E-state index contributed by atoms with van der Waals surface area (Å²) in [7, 11) is 0. The number of amides is 2. The van der Waals surface area contributed by atoms with E-state index in [0.29, 0.717) is 44.3 Å². The van der Waals surface area contributed by atoms with E-state index < -0.39 is 5.82 Å². The van der Waals surface area contributed by atoms with E-state index in [2.05, 4.69) is 5.32 Å². The number of halogens is 2. The molecule has 3 aromatic carbocycles. The molecule has 6 nitrogen and oxygen atoms in total. The number of anilines is 2. The Hall–Kier alpha value is -3.40. The number of ether oxygens (including phenoxy) is 2. The van der Waals surface area contributed by atoms with Gasteiger partial charge in [-0.1, -0.05) is 53.8 Å². The fraction of sp³-hybridized carbons (Fsp3) is 0.148. The van der Waals surface area contributed by atoms with Crippen molar-refractivity contribution in [2.75, 3.05) is 23.4 Å². The summed E-state index contributed by atoms with van der Waals surface area (Å²) in [5.41, 5.74) is 2.79. The summed E-state index contributed by atoms with van der Waals surface area (Å²) in [6, 6.07) is 16.6. The Labute approximate surface area is 228 Å². The lowest BCUT2D eigenvalue weighted by molar-refractivity contribution is -0.118. The van der Waals surface area contributed by atoms with E-state index in [0.717, 1.165) is 17.3 Å². The molecule has 0 aliphatic carbocycles. The van der Waals surface area contributed by atoms with Gasteiger partial charge >= 0.3 is 0 Å². The summed E-state index contributed by atoms with van der Waals surface area (Å²) < 4.78 is 25.3. The fourth-order valence-electron chi connectivity index (χ4n) is 3.53. The Balaban J connectivity index is 1.48. The number of carbonyl (C=O) groups is 2. The van der Waals surface area contributed by atoms with Crippen LogP contribution in [0.3, 0.4) is 0 Å². The number of nitrogens with one attached hydrogen (secondary N) is 1. The molecule has 10 heteroatoms. The Morgan fingerprint density at radius 3 is 2.68 bits per heavy atom. The second-order valence-corrected chi connectivity index (χ2v) is 10.0. The van der Waals surface area contributed by atoms with Crippen LogP contribution in [0.4, 0.5) is 15.8 Å². The van der Waals surface area contributed by atoms with E-state index >= 15 is 0 Å². The van der Waals surface area contributed by atoms with Gasteiger partial charge in [-0.05, 0) is 73.5 Å². The third-order valence-electron chi connectivity index (χ3n) is 5.18. The quantitative estimate of drug-likeness (QED) is 0.249. The Bertz CT molecular complexity index is 1410. The maximum absolute atomic E-state index is 13.6. The molecule has 0 atom stereocenters. The van der Waals surface area contributed by atoms with Crippen molar-refractivity contribution in [2.45, 2.75) is 13.8 Å². The van der Waals surface area contributed by atoms with Crippen LogP contribution in [0.5, 0.6) is 11.5 Å². The van der Waals surface area contributed by atoms with Gasteiger partial charge in [-0.2, -0.15) is 0 Å². The van der Waals surface area contributed by atoms with Crippen LogP contribution in [0.1, 0.15) is 18.1 Å². The van der Waals surface area contributed by atoms with Gasteiger partial charge in [0.2, 0.25) is 0 Å². The number of thiocarbonyl (C=S) groups is 1. The molecular formula is C27H22ClFN2O4S2. The van der Waals surface area contributed by atoms with Gasteiger partial charge in [0.1, 0.15) is 5.82 Å². The van der Waals surface area contributed by atoms with Gasteiger partial charge in [-0.25, -0.2) is 4.39 Å². The van der Waals surface area contributed by atoms with Crippen molar-refractivity contribution in [3.63, 3.8) is 0 Å². The minimum absolute atomic E-state index is 0.0972. The number of carbonyl (C=O) groups excluding carboxylic acids is 2. The van der Waals surface area contributed by atoms with E-state index in [1.807, 2.05) is 32.0 Å². The van der Waals surface area contributed by atoms with Crippen LogP contribution < -0.4 is 19.7 Å². The van der Waals surface area contributed by atoms with Gasteiger partial charge in [-0.3, -0.25) is 14.5 Å². The first-order valence-electron chi connectivity index (χ1n) is 11.2. The maximum Gasteiger partial charge on any atom is 0.270 e. The average Bonchev–Trinajstić information content (AvgIpc) is 3.13. The van der Waals surface area contributed by atoms with E-state index in [4.69, 9.17) is 33.3 Å². The number of nitrogens with zero attached hydrogens (tertiary/aromatic N) is 1. The molecule has 1 fully saturated rings. The first-order chi connectivity index (χ1) is 17.7.